The van der Waals surface area contributed by atoms with Gasteiger partial charge in [0.2, 0.25) is 0 Å². The third-order valence-electron chi connectivity index (χ3n) is 1.49. The highest BCUT2D eigenvalue weighted by Gasteiger charge is 2.07. The van der Waals surface area contributed by atoms with Gasteiger partial charge in [0.15, 0.2) is 0 Å². The predicted molar refractivity (Wildman–Crippen MR) is 56.6 cm³/mol. The molecule has 14 heavy (non-hydrogen) atoms. The fourth-order valence-corrected chi connectivity index (χ4v) is 2.17. The molecule has 0 fully saturated rings. The molecule has 0 spiro atoms. The summed E-state index contributed by atoms with van der Waals surface area (Å²) in [5.74, 6) is 0.0121. The smallest absolute Gasteiger partial charge is 0.138 e. The van der Waals surface area contributed by atoms with Crippen LogP contribution in [-0.2, 0) is 0 Å². The number of nitriles is 1. The maximum absolute atomic E-state index is 13.3. The maximum atomic E-state index is 13.3. The van der Waals surface area contributed by atoms with Crippen molar-refractivity contribution in [1.29, 1.82) is 5.26 Å². The van der Waals surface area contributed by atoms with Gasteiger partial charge in [-0.2, -0.15) is 5.26 Å². The highest BCUT2D eigenvalue weighted by atomic mass is 79.9. The highest BCUT2D eigenvalue weighted by Crippen LogP contribution is 2.27. The molecule has 1 N–H and O–H groups in total. The lowest BCUT2D eigenvalue weighted by molar-refractivity contribution is 0.322. The van der Waals surface area contributed by atoms with Crippen LogP contribution >= 0.6 is 27.7 Å². The number of thioether (sulfide) groups is 1. The van der Waals surface area contributed by atoms with E-state index >= 15 is 0 Å². The van der Waals surface area contributed by atoms with E-state index in [-0.39, 0.29) is 12.2 Å². The number of aliphatic hydroxyl groups excluding tert-OH is 1. The van der Waals surface area contributed by atoms with Gasteiger partial charge < -0.3 is 5.11 Å². The third-order valence-corrected chi connectivity index (χ3v) is 3.16. The first-order valence-corrected chi connectivity index (χ1v) is 5.59. The van der Waals surface area contributed by atoms with Crippen molar-refractivity contribution in [3.63, 3.8) is 0 Å². The molecule has 1 aromatic carbocycles. The standard InChI is InChI=1S/C9H7BrFNOS/c10-7-4-9(14-2-1-13)8(11)3-6(7)5-12/h3-4,13H,1-2H2. The van der Waals surface area contributed by atoms with Crippen molar-refractivity contribution in [3.05, 3.63) is 28.0 Å². The normalized spacial score (nSPS) is 9.86. The SMILES string of the molecule is N#Cc1cc(F)c(SCCO)cc1Br. The molecule has 0 atom stereocenters. The minimum Gasteiger partial charge on any atom is -0.396 e. The first kappa shape index (κ1) is 11.5. The van der Waals surface area contributed by atoms with Crippen molar-refractivity contribution < 1.29 is 9.50 Å². The van der Waals surface area contributed by atoms with Gasteiger partial charge in [-0.15, -0.1) is 11.8 Å². The first-order chi connectivity index (χ1) is 6.69. The Kier molecular flexibility index (Phi) is 4.39. The molecule has 0 amide bonds. The molecule has 5 heteroatoms. The summed E-state index contributed by atoms with van der Waals surface area (Å²) in [5, 5.41) is 17.2. The van der Waals surface area contributed by atoms with Gasteiger partial charge in [-0.05, 0) is 28.1 Å². The Balaban J connectivity index is 2.98. The fraction of sp³-hybridized carbons (Fsp3) is 0.222. The van der Waals surface area contributed by atoms with Crippen LogP contribution in [0.25, 0.3) is 0 Å². The summed E-state index contributed by atoms with van der Waals surface area (Å²) in [5.41, 5.74) is 0.274. The largest absolute Gasteiger partial charge is 0.396 e. The molecule has 0 radical (unpaired) electrons. The molecule has 2 nitrogen and oxygen atoms in total. The van der Waals surface area contributed by atoms with Crippen LogP contribution in [-0.4, -0.2) is 17.5 Å². The van der Waals surface area contributed by atoms with Crippen LogP contribution in [0, 0.1) is 17.1 Å². The number of hydrogen-bond acceptors (Lipinski definition) is 3. The van der Waals surface area contributed by atoms with E-state index in [2.05, 4.69) is 15.9 Å². The molecule has 0 aliphatic rings. The molecule has 0 heterocycles. The van der Waals surface area contributed by atoms with Crippen LogP contribution in [0.2, 0.25) is 0 Å². The van der Waals surface area contributed by atoms with E-state index in [0.717, 1.165) is 0 Å². The van der Waals surface area contributed by atoms with Crippen molar-refractivity contribution >= 4 is 27.7 Å². The molecule has 0 aliphatic carbocycles. The lowest BCUT2D eigenvalue weighted by Crippen LogP contribution is -1.90. The molecular weight excluding hydrogens is 269 g/mol. The minimum atomic E-state index is -0.428. The second-order valence-electron chi connectivity index (χ2n) is 2.45. The summed E-state index contributed by atoms with van der Waals surface area (Å²) < 4.78 is 13.8. The Labute approximate surface area is 93.9 Å². The number of aliphatic hydroxyl groups is 1. The van der Waals surface area contributed by atoms with Gasteiger partial charge in [0, 0.05) is 15.1 Å². The van der Waals surface area contributed by atoms with Crippen LogP contribution < -0.4 is 0 Å². The van der Waals surface area contributed by atoms with Crippen molar-refractivity contribution in [3.8, 4) is 6.07 Å². The quantitative estimate of drug-likeness (QED) is 0.863. The molecule has 74 valence electrons. The van der Waals surface area contributed by atoms with Gasteiger partial charge in [0.25, 0.3) is 0 Å². The Bertz CT molecular complexity index is 378. The topological polar surface area (TPSA) is 44.0 Å². The van der Waals surface area contributed by atoms with Crippen molar-refractivity contribution in [2.75, 3.05) is 12.4 Å². The molecular formula is C9H7BrFNOS. The number of nitrogens with zero attached hydrogens (tertiary/aromatic N) is 1. The second kappa shape index (κ2) is 5.35. The lowest BCUT2D eigenvalue weighted by atomic mass is 10.2. The van der Waals surface area contributed by atoms with Crippen LogP contribution in [0.5, 0.6) is 0 Å². The molecule has 0 bridgehead atoms. The van der Waals surface area contributed by atoms with E-state index in [9.17, 15) is 4.39 Å². The van der Waals surface area contributed by atoms with Gasteiger partial charge in [0.1, 0.15) is 11.9 Å². The van der Waals surface area contributed by atoms with E-state index in [1.165, 1.54) is 17.8 Å². The van der Waals surface area contributed by atoms with Crippen LogP contribution in [0.1, 0.15) is 5.56 Å². The fourth-order valence-electron chi connectivity index (χ4n) is 0.880. The summed E-state index contributed by atoms with van der Waals surface area (Å²) in [7, 11) is 0. The van der Waals surface area contributed by atoms with Crippen molar-refractivity contribution in [2.24, 2.45) is 0 Å². The summed E-state index contributed by atoms with van der Waals surface area (Å²) >= 11 is 4.38. The molecule has 0 saturated carbocycles. The predicted octanol–water partition coefficient (Wildman–Crippen LogP) is 2.54. The zero-order chi connectivity index (χ0) is 10.6. The summed E-state index contributed by atoms with van der Waals surface area (Å²) in [6.45, 7) is 0.00171. The van der Waals surface area contributed by atoms with Crippen LogP contribution in [0.15, 0.2) is 21.5 Å². The zero-order valence-electron chi connectivity index (χ0n) is 7.13. The Morgan fingerprint density at radius 2 is 2.29 bits per heavy atom. The molecule has 1 aromatic rings. The molecule has 0 saturated heterocycles. The van der Waals surface area contributed by atoms with Crippen molar-refractivity contribution in [2.45, 2.75) is 4.90 Å². The monoisotopic (exact) mass is 275 g/mol. The summed E-state index contributed by atoms with van der Waals surface area (Å²) in [4.78, 5) is 0.435. The second-order valence-corrected chi connectivity index (χ2v) is 4.44. The average molecular weight is 276 g/mol. The first-order valence-electron chi connectivity index (χ1n) is 3.82. The van der Waals surface area contributed by atoms with Gasteiger partial charge in [-0.1, -0.05) is 0 Å². The summed E-state index contributed by atoms with van der Waals surface area (Å²) in [6, 6.07) is 4.61. The average Bonchev–Trinajstić information content (AvgIpc) is 2.18. The molecule has 0 aromatic heterocycles. The van der Waals surface area contributed by atoms with Gasteiger partial charge in [0.05, 0.1) is 12.2 Å². The van der Waals surface area contributed by atoms with Crippen LogP contribution in [0.4, 0.5) is 4.39 Å². The molecule has 0 unspecified atom stereocenters. The Morgan fingerprint density at radius 3 is 2.86 bits per heavy atom. The third kappa shape index (κ3) is 2.71. The maximum Gasteiger partial charge on any atom is 0.138 e. The van der Waals surface area contributed by atoms with E-state index < -0.39 is 5.82 Å². The van der Waals surface area contributed by atoms with E-state index in [4.69, 9.17) is 10.4 Å². The van der Waals surface area contributed by atoms with E-state index in [1.807, 2.05) is 6.07 Å². The van der Waals surface area contributed by atoms with Gasteiger partial charge in [-0.3, -0.25) is 0 Å². The van der Waals surface area contributed by atoms with Gasteiger partial charge in [-0.25, -0.2) is 4.39 Å². The zero-order valence-corrected chi connectivity index (χ0v) is 9.53. The van der Waals surface area contributed by atoms with E-state index in [1.54, 1.807) is 6.07 Å². The number of hydrogen-bond donors (Lipinski definition) is 1. The number of rotatable bonds is 3. The lowest BCUT2D eigenvalue weighted by Gasteiger charge is -2.03. The number of halogens is 2. The van der Waals surface area contributed by atoms with Gasteiger partial charge >= 0.3 is 0 Å². The highest BCUT2D eigenvalue weighted by molar-refractivity contribution is 9.10. The van der Waals surface area contributed by atoms with Crippen LogP contribution in [0.3, 0.4) is 0 Å². The Morgan fingerprint density at radius 1 is 1.57 bits per heavy atom. The van der Waals surface area contributed by atoms with Crippen molar-refractivity contribution in [1.82, 2.24) is 0 Å². The minimum absolute atomic E-state index is 0.00171. The summed E-state index contributed by atoms with van der Waals surface area (Å²) in [6.07, 6.45) is 0. The molecule has 0 aliphatic heterocycles. The Hall–Kier alpha value is -0.570. The molecule has 1 rings (SSSR count). The number of benzene rings is 1. The van der Waals surface area contributed by atoms with E-state index in [0.29, 0.717) is 15.1 Å².